The van der Waals surface area contributed by atoms with Gasteiger partial charge in [-0.05, 0) is 24.3 Å². The number of aromatic nitrogens is 3. The van der Waals surface area contributed by atoms with Crippen molar-refractivity contribution in [1.29, 1.82) is 0 Å². The molecule has 1 aromatic heterocycles. The summed E-state index contributed by atoms with van der Waals surface area (Å²) in [6, 6.07) is 5.82. The lowest BCUT2D eigenvalue weighted by molar-refractivity contribution is 0.268. The standard InChI is InChI=1S/C11H12FN3O2/c12-9-3-1-8(2-4-9)11-10(7-17)13-14-15(11)5-6-16/h1-4,16-17H,5-7H2. The van der Waals surface area contributed by atoms with E-state index in [9.17, 15) is 4.39 Å². The molecule has 0 unspecified atom stereocenters. The number of hydrogen-bond acceptors (Lipinski definition) is 4. The first-order chi connectivity index (χ1) is 8.26. The molecule has 17 heavy (non-hydrogen) atoms. The molecule has 0 saturated heterocycles. The van der Waals surface area contributed by atoms with E-state index in [1.807, 2.05) is 0 Å². The smallest absolute Gasteiger partial charge is 0.123 e. The van der Waals surface area contributed by atoms with E-state index < -0.39 is 0 Å². The zero-order valence-corrected chi connectivity index (χ0v) is 9.04. The zero-order valence-electron chi connectivity index (χ0n) is 9.04. The van der Waals surface area contributed by atoms with E-state index >= 15 is 0 Å². The molecule has 1 aromatic carbocycles. The third-order valence-electron chi connectivity index (χ3n) is 2.38. The Bertz CT molecular complexity index is 496. The van der Waals surface area contributed by atoms with Gasteiger partial charge in [0.25, 0.3) is 0 Å². The summed E-state index contributed by atoms with van der Waals surface area (Å²) >= 11 is 0. The van der Waals surface area contributed by atoms with Crippen molar-refractivity contribution in [2.24, 2.45) is 0 Å². The van der Waals surface area contributed by atoms with E-state index in [0.717, 1.165) is 0 Å². The predicted molar refractivity (Wildman–Crippen MR) is 58.4 cm³/mol. The molecule has 0 aliphatic rings. The number of hydrogen-bond donors (Lipinski definition) is 2. The van der Waals surface area contributed by atoms with Crippen LogP contribution in [0.5, 0.6) is 0 Å². The maximum absolute atomic E-state index is 12.8. The second-order valence-corrected chi connectivity index (χ2v) is 3.50. The van der Waals surface area contributed by atoms with E-state index in [1.165, 1.54) is 16.8 Å². The molecule has 0 atom stereocenters. The molecule has 2 aromatic rings. The quantitative estimate of drug-likeness (QED) is 0.815. The molecular formula is C11H12FN3O2. The highest BCUT2D eigenvalue weighted by molar-refractivity contribution is 5.61. The van der Waals surface area contributed by atoms with Crippen LogP contribution in [-0.2, 0) is 13.2 Å². The van der Waals surface area contributed by atoms with Crippen molar-refractivity contribution < 1.29 is 14.6 Å². The lowest BCUT2D eigenvalue weighted by Crippen LogP contribution is -2.06. The summed E-state index contributed by atoms with van der Waals surface area (Å²) in [6.45, 7) is -0.0553. The van der Waals surface area contributed by atoms with E-state index in [4.69, 9.17) is 10.2 Å². The Kier molecular flexibility index (Phi) is 3.46. The number of rotatable bonds is 4. The molecule has 0 amide bonds. The molecule has 2 rings (SSSR count). The molecule has 90 valence electrons. The Labute approximate surface area is 97.1 Å². The molecule has 6 heteroatoms. The number of benzene rings is 1. The zero-order chi connectivity index (χ0) is 12.3. The van der Waals surface area contributed by atoms with Gasteiger partial charge >= 0.3 is 0 Å². The van der Waals surface area contributed by atoms with E-state index in [2.05, 4.69) is 10.3 Å². The van der Waals surface area contributed by atoms with Gasteiger partial charge in [-0.3, -0.25) is 0 Å². The molecule has 2 N–H and O–H groups in total. The Morgan fingerprint density at radius 2 is 1.88 bits per heavy atom. The van der Waals surface area contributed by atoms with Gasteiger partial charge in [0.05, 0.1) is 25.5 Å². The average Bonchev–Trinajstić information content (AvgIpc) is 2.74. The molecule has 0 aliphatic heterocycles. The SMILES string of the molecule is OCCn1nnc(CO)c1-c1ccc(F)cc1. The van der Waals surface area contributed by atoms with Crippen LogP contribution in [-0.4, -0.2) is 31.8 Å². The first-order valence-corrected chi connectivity index (χ1v) is 5.16. The molecule has 0 fully saturated rings. The van der Waals surface area contributed by atoms with Crippen molar-refractivity contribution in [3.8, 4) is 11.3 Å². The fraction of sp³-hybridized carbons (Fsp3) is 0.273. The van der Waals surface area contributed by atoms with Gasteiger partial charge in [-0.15, -0.1) is 5.10 Å². The summed E-state index contributed by atoms with van der Waals surface area (Å²) in [5.41, 5.74) is 1.71. The normalized spacial score (nSPS) is 10.8. The van der Waals surface area contributed by atoms with Crippen LogP contribution in [0, 0.1) is 5.82 Å². The molecule has 0 radical (unpaired) electrons. The van der Waals surface area contributed by atoms with Gasteiger partial charge in [0.2, 0.25) is 0 Å². The highest BCUT2D eigenvalue weighted by Gasteiger charge is 2.13. The largest absolute Gasteiger partial charge is 0.394 e. The Hall–Kier alpha value is -1.79. The average molecular weight is 237 g/mol. The van der Waals surface area contributed by atoms with Gasteiger partial charge in [0.1, 0.15) is 11.5 Å². The number of nitrogens with zero attached hydrogens (tertiary/aromatic N) is 3. The maximum atomic E-state index is 12.8. The van der Waals surface area contributed by atoms with Gasteiger partial charge in [0, 0.05) is 5.56 Å². The van der Waals surface area contributed by atoms with Crippen molar-refractivity contribution in [3.05, 3.63) is 35.8 Å². The van der Waals surface area contributed by atoms with Crippen LogP contribution in [0.1, 0.15) is 5.69 Å². The van der Waals surface area contributed by atoms with Crippen LogP contribution in [0.4, 0.5) is 4.39 Å². The monoisotopic (exact) mass is 237 g/mol. The Balaban J connectivity index is 2.47. The molecule has 1 heterocycles. The summed E-state index contributed by atoms with van der Waals surface area (Å²) in [6.07, 6.45) is 0. The van der Waals surface area contributed by atoms with Crippen LogP contribution >= 0.6 is 0 Å². The summed E-state index contributed by atoms with van der Waals surface area (Å²) in [4.78, 5) is 0. The van der Waals surface area contributed by atoms with Gasteiger partial charge in [-0.25, -0.2) is 9.07 Å². The minimum absolute atomic E-state index is 0.0809. The second kappa shape index (κ2) is 5.03. The van der Waals surface area contributed by atoms with Crippen molar-refractivity contribution in [1.82, 2.24) is 15.0 Å². The highest BCUT2D eigenvalue weighted by atomic mass is 19.1. The molecule has 0 spiro atoms. The van der Waals surface area contributed by atoms with E-state index in [0.29, 0.717) is 17.0 Å². The van der Waals surface area contributed by atoms with E-state index in [1.54, 1.807) is 12.1 Å². The van der Waals surface area contributed by atoms with Crippen molar-refractivity contribution in [2.75, 3.05) is 6.61 Å². The maximum Gasteiger partial charge on any atom is 0.123 e. The molecule has 5 nitrogen and oxygen atoms in total. The third-order valence-corrected chi connectivity index (χ3v) is 2.38. The summed E-state index contributed by atoms with van der Waals surface area (Å²) in [5, 5.41) is 25.7. The van der Waals surface area contributed by atoms with Crippen LogP contribution in [0.2, 0.25) is 0 Å². The van der Waals surface area contributed by atoms with Gasteiger partial charge in [0.15, 0.2) is 0 Å². The van der Waals surface area contributed by atoms with Gasteiger partial charge in [-0.1, -0.05) is 5.21 Å². The van der Waals surface area contributed by atoms with Crippen LogP contribution in [0.25, 0.3) is 11.3 Å². The summed E-state index contributed by atoms with van der Waals surface area (Å²) in [5.74, 6) is -0.333. The fourth-order valence-corrected chi connectivity index (χ4v) is 1.63. The molecule has 0 aliphatic carbocycles. The first-order valence-electron chi connectivity index (χ1n) is 5.16. The van der Waals surface area contributed by atoms with Crippen LogP contribution < -0.4 is 0 Å². The van der Waals surface area contributed by atoms with E-state index in [-0.39, 0.29) is 25.6 Å². The van der Waals surface area contributed by atoms with Crippen molar-refractivity contribution in [3.63, 3.8) is 0 Å². The van der Waals surface area contributed by atoms with Gasteiger partial charge < -0.3 is 10.2 Å². The molecule has 0 bridgehead atoms. The third kappa shape index (κ3) is 2.32. The number of aliphatic hydroxyl groups excluding tert-OH is 2. The summed E-state index contributed by atoms with van der Waals surface area (Å²) in [7, 11) is 0. The molecule has 0 saturated carbocycles. The lowest BCUT2D eigenvalue weighted by Gasteiger charge is -2.06. The molecular weight excluding hydrogens is 225 g/mol. The number of aliphatic hydroxyl groups is 2. The fourth-order valence-electron chi connectivity index (χ4n) is 1.63. The minimum atomic E-state index is -0.333. The van der Waals surface area contributed by atoms with Crippen LogP contribution in [0.3, 0.4) is 0 Å². The minimum Gasteiger partial charge on any atom is -0.394 e. The van der Waals surface area contributed by atoms with Gasteiger partial charge in [-0.2, -0.15) is 0 Å². The van der Waals surface area contributed by atoms with Crippen molar-refractivity contribution >= 4 is 0 Å². The topological polar surface area (TPSA) is 71.2 Å². The highest BCUT2D eigenvalue weighted by Crippen LogP contribution is 2.22. The lowest BCUT2D eigenvalue weighted by atomic mass is 10.1. The first kappa shape index (κ1) is 11.7. The number of halogens is 1. The van der Waals surface area contributed by atoms with Crippen LogP contribution in [0.15, 0.2) is 24.3 Å². The Morgan fingerprint density at radius 1 is 1.18 bits per heavy atom. The Morgan fingerprint density at radius 3 is 2.47 bits per heavy atom. The predicted octanol–water partition coefficient (Wildman–Crippen LogP) is 0.569. The second-order valence-electron chi connectivity index (χ2n) is 3.50. The summed E-state index contributed by atoms with van der Waals surface area (Å²) < 4.78 is 14.3. The van der Waals surface area contributed by atoms with Crippen molar-refractivity contribution in [2.45, 2.75) is 13.2 Å².